The van der Waals surface area contributed by atoms with Gasteiger partial charge in [0.1, 0.15) is 0 Å². The molecule has 0 unspecified atom stereocenters. The van der Waals surface area contributed by atoms with Gasteiger partial charge in [0.05, 0.1) is 5.88 Å². The van der Waals surface area contributed by atoms with Gasteiger partial charge in [-0.05, 0) is 22.6 Å². The fourth-order valence-corrected chi connectivity index (χ4v) is 1.83. The normalized spacial score (nSPS) is 10.9. The summed E-state index contributed by atoms with van der Waals surface area (Å²) in [5.41, 5.74) is -0.577. The second-order valence-corrected chi connectivity index (χ2v) is 3.65. The molecule has 1 heterocycles. The van der Waals surface area contributed by atoms with Crippen molar-refractivity contribution < 1.29 is 13.2 Å². The van der Waals surface area contributed by atoms with Gasteiger partial charge in [0.15, 0.2) is 0 Å². The highest BCUT2D eigenvalue weighted by molar-refractivity contribution is 14.1. The Morgan fingerprint density at radius 1 is 1.54 bits per heavy atom. The van der Waals surface area contributed by atoms with E-state index in [0.717, 1.165) is 6.20 Å². The molecule has 0 fully saturated rings. The van der Waals surface area contributed by atoms with E-state index in [2.05, 4.69) is 4.98 Å². The van der Waals surface area contributed by atoms with Gasteiger partial charge in [0.2, 0.25) is 5.95 Å². The van der Waals surface area contributed by atoms with E-state index in [9.17, 15) is 13.2 Å². The molecule has 0 N–H and O–H groups in total. The molecule has 0 aromatic carbocycles. The second-order valence-electron chi connectivity index (χ2n) is 2.22. The van der Waals surface area contributed by atoms with Gasteiger partial charge in [-0.25, -0.2) is 13.8 Å². The summed E-state index contributed by atoms with van der Waals surface area (Å²) in [6, 6.07) is 0. The van der Waals surface area contributed by atoms with Crippen LogP contribution in [0, 0.1) is 9.52 Å². The van der Waals surface area contributed by atoms with E-state index in [1.807, 2.05) is 0 Å². The lowest BCUT2D eigenvalue weighted by Gasteiger charge is -2.08. The molecule has 0 saturated heterocycles. The quantitative estimate of drug-likeness (QED) is 0.461. The van der Waals surface area contributed by atoms with Crippen LogP contribution in [-0.4, -0.2) is 4.98 Å². The smallest absolute Gasteiger partial charge is 0.227 e. The molecule has 0 bridgehead atoms. The van der Waals surface area contributed by atoms with Crippen LogP contribution in [-0.2, 0) is 5.88 Å². The van der Waals surface area contributed by atoms with Crippen LogP contribution in [0.25, 0.3) is 0 Å². The molecule has 1 nitrogen and oxygen atoms in total. The Bertz CT molecular complexity index is 319. The van der Waals surface area contributed by atoms with Crippen LogP contribution in [0.15, 0.2) is 6.20 Å². The highest BCUT2D eigenvalue weighted by Gasteiger charge is 2.20. The zero-order valence-corrected chi connectivity index (χ0v) is 9.11. The Hall–Kier alpha value is -0.0400. The van der Waals surface area contributed by atoms with Crippen molar-refractivity contribution in [2.45, 2.75) is 12.3 Å². The van der Waals surface area contributed by atoms with Crippen molar-refractivity contribution in [1.29, 1.82) is 0 Å². The fraction of sp³-hybridized carbons (Fsp3) is 0.286. The van der Waals surface area contributed by atoms with Gasteiger partial charge >= 0.3 is 0 Å². The second kappa shape index (κ2) is 4.45. The van der Waals surface area contributed by atoms with E-state index in [4.69, 9.17) is 11.6 Å². The Kier molecular flexibility index (Phi) is 3.78. The van der Waals surface area contributed by atoms with Crippen molar-refractivity contribution >= 4 is 34.2 Å². The van der Waals surface area contributed by atoms with Gasteiger partial charge in [-0.15, -0.1) is 11.6 Å². The predicted molar refractivity (Wildman–Crippen MR) is 51.4 cm³/mol. The molecule has 13 heavy (non-hydrogen) atoms. The molecule has 1 aromatic heterocycles. The van der Waals surface area contributed by atoms with Crippen LogP contribution in [0.3, 0.4) is 0 Å². The average molecular weight is 321 g/mol. The molecule has 0 saturated carbocycles. The summed E-state index contributed by atoms with van der Waals surface area (Å²) < 4.78 is 37.9. The number of hydrogen-bond acceptors (Lipinski definition) is 1. The molecular formula is C7H4ClF3IN. The number of rotatable bonds is 2. The molecule has 0 radical (unpaired) electrons. The van der Waals surface area contributed by atoms with Crippen molar-refractivity contribution in [2.75, 3.05) is 0 Å². The molecule has 0 atom stereocenters. The number of pyridine rings is 1. The average Bonchev–Trinajstić information content (AvgIpc) is 2.07. The summed E-state index contributed by atoms with van der Waals surface area (Å²) in [4.78, 5) is 3.30. The van der Waals surface area contributed by atoms with Gasteiger partial charge < -0.3 is 0 Å². The summed E-state index contributed by atoms with van der Waals surface area (Å²) in [6.07, 6.45) is -1.66. The van der Waals surface area contributed by atoms with E-state index < -0.39 is 12.4 Å². The fourth-order valence-electron chi connectivity index (χ4n) is 0.879. The first-order chi connectivity index (χ1) is 6.07. The molecule has 0 spiro atoms. The molecule has 0 aliphatic heterocycles. The van der Waals surface area contributed by atoms with Crippen molar-refractivity contribution in [3.05, 3.63) is 26.8 Å². The van der Waals surface area contributed by atoms with Crippen molar-refractivity contribution in [3.63, 3.8) is 0 Å². The minimum Gasteiger partial charge on any atom is -0.227 e. The minimum atomic E-state index is -2.72. The first-order valence-electron chi connectivity index (χ1n) is 3.24. The van der Waals surface area contributed by atoms with E-state index >= 15 is 0 Å². The molecule has 72 valence electrons. The Balaban J connectivity index is 3.35. The first-order valence-corrected chi connectivity index (χ1v) is 4.86. The molecule has 1 rings (SSSR count). The van der Waals surface area contributed by atoms with Gasteiger partial charge in [-0.1, -0.05) is 0 Å². The van der Waals surface area contributed by atoms with Crippen LogP contribution in [0.2, 0.25) is 0 Å². The molecule has 6 heteroatoms. The lowest BCUT2D eigenvalue weighted by molar-refractivity contribution is 0.148. The maximum atomic E-state index is 12.9. The molecule has 1 aromatic rings. The van der Waals surface area contributed by atoms with Crippen LogP contribution in [0.5, 0.6) is 0 Å². The highest BCUT2D eigenvalue weighted by atomic mass is 127. The van der Waals surface area contributed by atoms with E-state index in [1.165, 1.54) is 0 Å². The Morgan fingerprint density at radius 3 is 2.54 bits per heavy atom. The number of nitrogens with zero attached hydrogens (tertiary/aromatic N) is 1. The SMILES string of the molecule is Fc1ncc(I)c(C(F)F)c1CCl. The first kappa shape index (κ1) is 11.0. The van der Waals surface area contributed by atoms with E-state index in [0.29, 0.717) is 0 Å². The van der Waals surface area contributed by atoms with Gasteiger partial charge in [-0.2, -0.15) is 4.39 Å². The summed E-state index contributed by atoms with van der Waals surface area (Å²) in [7, 11) is 0. The molecule has 0 aliphatic carbocycles. The maximum Gasteiger partial charge on any atom is 0.265 e. The number of hydrogen-bond donors (Lipinski definition) is 0. The zero-order valence-electron chi connectivity index (χ0n) is 6.20. The highest BCUT2D eigenvalue weighted by Crippen LogP contribution is 2.29. The van der Waals surface area contributed by atoms with Crippen LogP contribution >= 0.6 is 34.2 Å². The summed E-state index contributed by atoms with van der Waals surface area (Å²) in [6.45, 7) is 0. The molecule has 0 amide bonds. The summed E-state index contributed by atoms with van der Waals surface area (Å²) in [5, 5.41) is 0. The lowest BCUT2D eigenvalue weighted by atomic mass is 10.1. The van der Waals surface area contributed by atoms with Crippen molar-refractivity contribution in [2.24, 2.45) is 0 Å². The topological polar surface area (TPSA) is 12.9 Å². The number of aromatic nitrogens is 1. The maximum absolute atomic E-state index is 12.9. The molecular weight excluding hydrogens is 317 g/mol. The van der Waals surface area contributed by atoms with Crippen molar-refractivity contribution in [3.8, 4) is 0 Å². The van der Waals surface area contributed by atoms with Crippen LogP contribution in [0.1, 0.15) is 17.6 Å². The minimum absolute atomic E-state index is 0.219. The third-order valence-electron chi connectivity index (χ3n) is 1.47. The Morgan fingerprint density at radius 2 is 2.15 bits per heavy atom. The third kappa shape index (κ3) is 2.25. The lowest BCUT2D eigenvalue weighted by Crippen LogP contribution is -2.02. The van der Waals surface area contributed by atoms with Gasteiger partial charge in [0, 0.05) is 20.9 Å². The monoisotopic (exact) mass is 321 g/mol. The standard InChI is InChI=1S/C7H4ClF3IN/c8-1-3-5(6(9)10)4(12)2-13-7(3)11/h2,6H,1H2. The zero-order chi connectivity index (χ0) is 10.0. The number of halogens is 5. The third-order valence-corrected chi connectivity index (χ3v) is 2.60. The van der Waals surface area contributed by atoms with E-state index in [-0.39, 0.29) is 20.6 Å². The van der Waals surface area contributed by atoms with E-state index in [1.54, 1.807) is 22.6 Å². The molecule has 0 aliphatic rings. The van der Waals surface area contributed by atoms with Crippen molar-refractivity contribution in [1.82, 2.24) is 4.98 Å². The van der Waals surface area contributed by atoms with Crippen LogP contribution < -0.4 is 0 Å². The number of alkyl halides is 3. The predicted octanol–water partition coefficient (Wildman–Crippen LogP) is 3.50. The van der Waals surface area contributed by atoms with Gasteiger partial charge in [0.25, 0.3) is 6.43 Å². The summed E-state index contributed by atoms with van der Waals surface area (Å²) >= 11 is 7.01. The Labute approximate surface area is 91.4 Å². The summed E-state index contributed by atoms with van der Waals surface area (Å²) in [5.74, 6) is -1.22. The largest absolute Gasteiger partial charge is 0.265 e. The van der Waals surface area contributed by atoms with Gasteiger partial charge in [-0.3, -0.25) is 0 Å². The van der Waals surface area contributed by atoms with Crippen LogP contribution in [0.4, 0.5) is 13.2 Å².